The number of benzene rings is 1. The molecule has 0 unspecified atom stereocenters. The minimum absolute atomic E-state index is 0.247. The van der Waals surface area contributed by atoms with Gasteiger partial charge in [0.2, 0.25) is 5.16 Å². The van der Waals surface area contributed by atoms with Crippen LogP contribution in [0.3, 0.4) is 0 Å². The van der Waals surface area contributed by atoms with Crippen LogP contribution in [0.1, 0.15) is 27.7 Å². The molecule has 0 aliphatic heterocycles. The topological polar surface area (TPSA) is 52.8 Å². The molecule has 0 aliphatic carbocycles. The van der Waals surface area contributed by atoms with Crippen LogP contribution in [-0.4, -0.2) is 40.9 Å². The molecule has 0 amide bonds. The highest BCUT2D eigenvalue weighted by Gasteiger charge is 2.37. The molecule has 0 fully saturated rings. The number of hydrogen-bond donors (Lipinski definition) is 0. The Bertz CT molecular complexity index is 640. The Labute approximate surface area is 150 Å². The van der Waals surface area contributed by atoms with Gasteiger partial charge in [0, 0.05) is 12.4 Å². The van der Waals surface area contributed by atoms with Gasteiger partial charge in [-0.2, -0.15) is 4.68 Å². The predicted molar refractivity (Wildman–Crippen MR) is 102 cm³/mol. The van der Waals surface area contributed by atoms with Crippen molar-refractivity contribution >= 4 is 20.1 Å². The summed E-state index contributed by atoms with van der Waals surface area (Å²) in [6.45, 7) is 14.4. The van der Waals surface area contributed by atoms with E-state index in [9.17, 15) is 0 Å². The highest BCUT2D eigenvalue weighted by Crippen LogP contribution is 2.37. The van der Waals surface area contributed by atoms with Gasteiger partial charge >= 0.3 is 0 Å². The van der Waals surface area contributed by atoms with E-state index in [1.807, 2.05) is 30.3 Å². The van der Waals surface area contributed by atoms with Gasteiger partial charge in [-0.15, -0.1) is 5.10 Å². The number of rotatable bonds is 7. The molecule has 1 heterocycles. The van der Waals surface area contributed by atoms with Crippen molar-refractivity contribution in [2.45, 2.75) is 51.0 Å². The van der Waals surface area contributed by atoms with Gasteiger partial charge in [-0.05, 0) is 46.6 Å². The van der Waals surface area contributed by atoms with Crippen LogP contribution in [0.15, 0.2) is 35.5 Å². The third kappa shape index (κ3) is 4.91. The van der Waals surface area contributed by atoms with E-state index in [2.05, 4.69) is 56.3 Å². The molecule has 1 atom stereocenters. The maximum Gasteiger partial charge on any atom is 0.214 e. The van der Waals surface area contributed by atoms with Crippen LogP contribution >= 0.6 is 11.8 Å². The van der Waals surface area contributed by atoms with Gasteiger partial charge in [-0.25, -0.2) is 0 Å². The number of aromatic nitrogens is 4. The third-order valence-corrected chi connectivity index (χ3v) is 10.2. The molecule has 2 aromatic rings. The summed E-state index contributed by atoms with van der Waals surface area (Å²) in [5.41, 5.74) is 0.982. The van der Waals surface area contributed by atoms with Crippen molar-refractivity contribution in [3.05, 3.63) is 30.3 Å². The van der Waals surface area contributed by atoms with Crippen LogP contribution in [-0.2, 0) is 4.43 Å². The molecule has 0 saturated carbocycles. The first-order valence-corrected chi connectivity index (χ1v) is 12.2. The van der Waals surface area contributed by atoms with E-state index in [0.29, 0.717) is 5.92 Å². The molecule has 0 spiro atoms. The van der Waals surface area contributed by atoms with Crippen LogP contribution in [0.4, 0.5) is 0 Å². The molecule has 0 bridgehead atoms. The van der Waals surface area contributed by atoms with E-state index < -0.39 is 8.32 Å². The lowest BCUT2D eigenvalue weighted by atomic mass is 10.2. The van der Waals surface area contributed by atoms with Crippen molar-refractivity contribution in [3.63, 3.8) is 0 Å². The molecular formula is C17H28N4OSSi. The average molecular weight is 365 g/mol. The minimum atomic E-state index is -1.68. The molecule has 2 rings (SSSR count). The number of tetrazole rings is 1. The summed E-state index contributed by atoms with van der Waals surface area (Å²) in [7, 11) is -1.68. The molecular weight excluding hydrogens is 336 g/mol. The average Bonchev–Trinajstić information content (AvgIpc) is 2.99. The van der Waals surface area contributed by atoms with Crippen LogP contribution in [0, 0.1) is 5.92 Å². The first-order chi connectivity index (χ1) is 11.2. The Morgan fingerprint density at radius 3 is 2.50 bits per heavy atom. The standard InChI is InChI=1S/C17H28N4OSSi/c1-14(12-22-24(5,6)17(2,3)4)13-23-16-18-19-20-21(16)15-10-8-7-9-11-15/h7-11,14H,12-13H2,1-6H3/t14-/m1/s1. The van der Waals surface area contributed by atoms with E-state index in [-0.39, 0.29) is 5.04 Å². The van der Waals surface area contributed by atoms with Crippen molar-refractivity contribution in [2.75, 3.05) is 12.4 Å². The molecule has 132 valence electrons. The lowest BCUT2D eigenvalue weighted by molar-refractivity contribution is 0.249. The Balaban J connectivity index is 1.90. The number of nitrogens with zero attached hydrogens (tertiary/aromatic N) is 4. The molecule has 1 aromatic carbocycles. The van der Waals surface area contributed by atoms with E-state index in [0.717, 1.165) is 23.2 Å². The zero-order valence-electron chi connectivity index (χ0n) is 15.5. The highest BCUT2D eigenvalue weighted by atomic mass is 32.2. The quantitative estimate of drug-likeness (QED) is 0.538. The summed E-state index contributed by atoms with van der Waals surface area (Å²) < 4.78 is 8.09. The SMILES string of the molecule is C[C@H](CO[Si](C)(C)C(C)(C)C)CSc1nnnn1-c1ccccc1. The van der Waals surface area contributed by atoms with Gasteiger partial charge in [0.1, 0.15) is 0 Å². The normalized spacial score (nSPS) is 13.9. The molecule has 0 aliphatic rings. The lowest BCUT2D eigenvalue weighted by Crippen LogP contribution is -2.41. The smallest absolute Gasteiger partial charge is 0.214 e. The van der Waals surface area contributed by atoms with E-state index in [4.69, 9.17) is 4.43 Å². The first kappa shape index (κ1) is 19.1. The van der Waals surface area contributed by atoms with Gasteiger partial charge in [0.05, 0.1) is 5.69 Å². The van der Waals surface area contributed by atoms with Crippen molar-refractivity contribution in [3.8, 4) is 5.69 Å². The van der Waals surface area contributed by atoms with Gasteiger partial charge in [-0.1, -0.05) is 57.7 Å². The number of hydrogen-bond acceptors (Lipinski definition) is 5. The maximum atomic E-state index is 6.31. The molecule has 0 saturated heterocycles. The minimum Gasteiger partial charge on any atom is -0.417 e. The second-order valence-corrected chi connectivity index (χ2v) is 13.5. The number of thioether (sulfide) groups is 1. The van der Waals surface area contributed by atoms with Crippen molar-refractivity contribution in [1.29, 1.82) is 0 Å². The van der Waals surface area contributed by atoms with Crippen LogP contribution < -0.4 is 0 Å². The molecule has 0 N–H and O–H groups in total. The maximum absolute atomic E-state index is 6.31. The van der Waals surface area contributed by atoms with Crippen molar-refractivity contribution in [2.24, 2.45) is 5.92 Å². The number of para-hydroxylation sites is 1. The zero-order valence-corrected chi connectivity index (χ0v) is 17.3. The molecule has 5 nitrogen and oxygen atoms in total. The Kier molecular flexibility index (Phi) is 6.22. The molecule has 1 aromatic heterocycles. The summed E-state index contributed by atoms with van der Waals surface area (Å²) in [5.74, 6) is 1.38. The summed E-state index contributed by atoms with van der Waals surface area (Å²) in [4.78, 5) is 0. The lowest BCUT2D eigenvalue weighted by Gasteiger charge is -2.37. The second-order valence-electron chi connectivity index (χ2n) is 7.70. The fraction of sp³-hybridized carbons (Fsp3) is 0.588. The Morgan fingerprint density at radius 1 is 1.21 bits per heavy atom. The predicted octanol–water partition coefficient (Wildman–Crippen LogP) is 4.41. The van der Waals surface area contributed by atoms with Crippen LogP contribution in [0.5, 0.6) is 0 Å². The monoisotopic (exact) mass is 364 g/mol. The summed E-state index contributed by atoms with van der Waals surface area (Å²) in [6.07, 6.45) is 0. The molecule has 24 heavy (non-hydrogen) atoms. The van der Waals surface area contributed by atoms with Gasteiger partial charge in [0.25, 0.3) is 0 Å². The van der Waals surface area contributed by atoms with E-state index in [1.54, 1.807) is 16.4 Å². The summed E-state index contributed by atoms with van der Waals surface area (Å²) in [6, 6.07) is 9.97. The Morgan fingerprint density at radius 2 is 1.88 bits per heavy atom. The highest BCUT2D eigenvalue weighted by molar-refractivity contribution is 7.99. The summed E-state index contributed by atoms with van der Waals surface area (Å²) >= 11 is 1.68. The Hall–Kier alpha value is -1.18. The first-order valence-electron chi connectivity index (χ1n) is 8.31. The summed E-state index contributed by atoms with van der Waals surface area (Å²) in [5, 5.41) is 13.1. The zero-order chi connectivity index (χ0) is 17.8. The third-order valence-electron chi connectivity index (χ3n) is 4.47. The fourth-order valence-corrected chi connectivity index (χ4v) is 3.85. The van der Waals surface area contributed by atoms with Crippen molar-refractivity contribution < 1.29 is 4.43 Å². The van der Waals surface area contributed by atoms with Crippen LogP contribution in [0.2, 0.25) is 18.1 Å². The van der Waals surface area contributed by atoms with Gasteiger partial charge in [0.15, 0.2) is 8.32 Å². The van der Waals surface area contributed by atoms with Gasteiger partial charge in [-0.3, -0.25) is 0 Å². The fourth-order valence-electron chi connectivity index (χ4n) is 1.83. The molecule has 0 radical (unpaired) electrons. The van der Waals surface area contributed by atoms with Crippen molar-refractivity contribution in [1.82, 2.24) is 20.2 Å². The van der Waals surface area contributed by atoms with Gasteiger partial charge < -0.3 is 4.43 Å². The van der Waals surface area contributed by atoms with E-state index in [1.165, 1.54) is 0 Å². The van der Waals surface area contributed by atoms with Crippen LogP contribution in [0.25, 0.3) is 5.69 Å². The van der Waals surface area contributed by atoms with E-state index >= 15 is 0 Å². The molecule has 7 heteroatoms. The second kappa shape index (κ2) is 7.80. The largest absolute Gasteiger partial charge is 0.417 e.